The highest BCUT2D eigenvalue weighted by molar-refractivity contribution is 5.84. The van der Waals surface area contributed by atoms with Gasteiger partial charge in [0.2, 0.25) is 5.91 Å². The van der Waals surface area contributed by atoms with E-state index in [1.807, 2.05) is 0 Å². The van der Waals surface area contributed by atoms with Gasteiger partial charge in [0, 0.05) is 6.04 Å². The van der Waals surface area contributed by atoms with Gasteiger partial charge < -0.3 is 4.90 Å². The Morgan fingerprint density at radius 1 is 1.28 bits per heavy atom. The lowest BCUT2D eigenvalue weighted by Crippen LogP contribution is -2.42. The molecule has 1 aliphatic heterocycles. The van der Waals surface area contributed by atoms with Crippen molar-refractivity contribution < 1.29 is 4.79 Å². The zero-order chi connectivity index (χ0) is 13.1. The highest BCUT2D eigenvalue weighted by Crippen LogP contribution is 2.30. The van der Waals surface area contributed by atoms with Crippen molar-refractivity contribution in [1.29, 1.82) is 0 Å². The Labute approximate surface area is 111 Å². The molecule has 104 valence electrons. The second-order valence-corrected chi connectivity index (χ2v) is 6.17. The molecule has 1 saturated heterocycles. The maximum absolute atomic E-state index is 12.5. The van der Waals surface area contributed by atoms with Gasteiger partial charge in [-0.05, 0) is 31.6 Å². The van der Waals surface area contributed by atoms with Gasteiger partial charge in [0.25, 0.3) is 0 Å². The molecule has 1 N–H and O–H groups in total. The Kier molecular flexibility index (Phi) is 4.66. The first-order chi connectivity index (χ1) is 8.65. The van der Waals surface area contributed by atoms with Crippen LogP contribution in [0.15, 0.2) is 0 Å². The summed E-state index contributed by atoms with van der Waals surface area (Å²) in [4.78, 5) is 14.5. The lowest BCUT2D eigenvalue weighted by atomic mass is 9.84. The van der Waals surface area contributed by atoms with Gasteiger partial charge in [-0.25, -0.2) is 0 Å². The van der Waals surface area contributed by atoms with Crippen molar-refractivity contribution >= 4 is 5.91 Å². The summed E-state index contributed by atoms with van der Waals surface area (Å²) >= 11 is 0. The number of nitrogens with one attached hydrogen (secondary N) is 1. The minimum absolute atomic E-state index is 0.0565. The van der Waals surface area contributed by atoms with Crippen LogP contribution in [-0.2, 0) is 4.79 Å². The third kappa shape index (κ3) is 2.71. The van der Waals surface area contributed by atoms with Crippen molar-refractivity contribution in [3.8, 4) is 0 Å². The summed E-state index contributed by atoms with van der Waals surface area (Å²) in [6.07, 6.45) is 7.75. The van der Waals surface area contributed by atoms with Crippen molar-refractivity contribution in [3.05, 3.63) is 0 Å². The number of amides is 1. The second-order valence-electron chi connectivity index (χ2n) is 6.17. The highest BCUT2D eigenvalue weighted by atomic mass is 16.2. The van der Waals surface area contributed by atoms with Crippen LogP contribution in [0.25, 0.3) is 0 Å². The summed E-state index contributed by atoms with van der Waals surface area (Å²) < 4.78 is 0. The van der Waals surface area contributed by atoms with Crippen molar-refractivity contribution in [2.45, 2.75) is 71.4 Å². The summed E-state index contributed by atoms with van der Waals surface area (Å²) in [6, 6.07) is 0.473. The van der Waals surface area contributed by atoms with E-state index in [-0.39, 0.29) is 6.04 Å². The van der Waals surface area contributed by atoms with Gasteiger partial charge in [-0.15, -0.1) is 0 Å². The molecular weight excluding hydrogens is 224 g/mol. The molecule has 1 saturated carbocycles. The minimum atomic E-state index is 0.0565. The monoisotopic (exact) mass is 252 g/mol. The molecule has 0 spiro atoms. The van der Waals surface area contributed by atoms with E-state index in [2.05, 4.69) is 31.0 Å². The average molecular weight is 252 g/mol. The van der Waals surface area contributed by atoms with Crippen LogP contribution in [0.1, 0.15) is 59.3 Å². The summed E-state index contributed by atoms with van der Waals surface area (Å²) in [5, 5.41) is 3.40. The van der Waals surface area contributed by atoms with E-state index in [1.165, 1.54) is 32.1 Å². The fourth-order valence-electron chi connectivity index (χ4n) is 3.44. The molecule has 0 bridgehead atoms. The molecule has 2 aliphatic rings. The third-order valence-electron chi connectivity index (χ3n) is 5.07. The topological polar surface area (TPSA) is 32.3 Å². The first-order valence-corrected chi connectivity index (χ1v) is 7.69. The zero-order valence-electron chi connectivity index (χ0n) is 12.1. The van der Waals surface area contributed by atoms with E-state index in [1.54, 1.807) is 0 Å². The molecule has 0 aromatic rings. The van der Waals surface area contributed by atoms with E-state index in [4.69, 9.17) is 0 Å². The van der Waals surface area contributed by atoms with Crippen LogP contribution < -0.4 is 5.32 Å². The summed E-state index contributed by atoms with van der Waals surface area (Å²) in [7, 11) is 0. The Hall–Kier alpha value is -0.570. The Morgan fingerprint density at radius 2 is 1.94 bits per heavy atom. The van der Waals surface area contributed by atoms with Crippen molar-refractivity contribution in [3.63, 3.8) is 0 Å². The lowest BCUT2D eigenvalue weighted by Gasteiger charge is -2.34. The summed E-state index contributed by atoms with van der Waals surface area (Å²) in [6.45, 7) is 7.33. The molecule has 2 rings (SSSR count). The number of carbonyl (C=O) groups is 1. The van der Waals surface area contributed by atoms with Crippen LogP contribution in [0.5, 0.6) is 0 Å². The molecule has 3 nitrogen and oxygen atoms in total. The van der Waals surface area contributed by atoms with Gasteiger partial charge in [0.05, 0.1) is 12.7 Å². The number of hydrogen-bond donors (Lipinski definition) is 1. The molecule has 3 unspecified atom stereocenters. The van der Waals surface area contributed by atoms with Crippen molar-refractivity contribution in [2.75, 3.05) is 6.67 Å². The van der Waals surface area contributed by atoms with E-state index < -0.39 is 0 Å². The predicted molar refractivity (Wildman–Crippen MR) is 74.1 cm³/mol. The van der Waals surface area contributed by atoms with E-state index >= 15 is 0 Å². The van der Waals surface area contributed by atoms with Crippen molar-refractivity contribution in [1.82, 2.24) is 10.2 Å². The fraction of sp³-hybridized carbons (Fsp3) is 0.933. The van der Waals surface area contributed by atoms with Gasteiger partial charge >= 0.3 is 0 Å². The van der Waals surface area contributed by atoms with Crippen molar-refractivity contribution in [2.24, 2.45) is 11.8 Å². The average Bonchev–Trinajstić information content (AvgIpc) is 2.80. The second kappa shape index (κ2) is 6.05. The molecule has 0 radical (unpaired) electrons. The van der Waals surface area contributed by atoms with Gasteiger partial charge in [0.15, 0.2) is 0 Å². The first kappa shape index (κ1) is 13.9. The molecule has 0 aromatic carbocycles. The minimum Gasteiger partial charge on any atom is -0.326 e. The maximum atomic E-state index is 12.5. The van der Waals surface area contributed by atoms with Crippen LogP contribution in [0, 0.1) is 11.8 Å². The van der Waals surface area contributed by atoms with Gasteiger partial charge in [-0.2, -0.15) is 0 Å². The van der Waals surface area contributed by atoms with Gasteiger partial charge in [0.1, 0.15) is 0 Å². The number of carbonyl (C=O) groups excluding carboxylic acids is 1. The maximum Gasteiger partial charge on any atom is 0.241 e. The molecular formula is C15H28N2O. The molecule has 0 aromatic heterocycles. The van der Waals surface area contributed by atoms with Crippen LogP contribution in [0.4, 0.5) is 0 Å². The fourth-order valence-corrected chi connectivity index (χ4v) is 3.44. The third-order valence-corrected chi connectivity index (χ3v) is 5.07. The number of nitrogens with zero attached hydrogens (tertiary/aromatic N) is 1. The summed E-state index contributed by atoms with van der Waals surface area (Å²) in [5.74, 6) is 1.50. The quantitative estimate of drug-likeness (QED) is 0.834. The lowest BCUT2D eigenvalue weighted by molar-refractivity contribution is -0.132. The van der Waals surface area contributed by atoms with Crippen LogP contribution in [0.3, 0.4) is 0 Å². The SMILES string of the molecule is CCC(C)C1NCN(C(C)C2CCCCC2)C1=O. The van der Waals surface area contributed by atoms with Crippen LogP contribution in [-0.4, -0.2) is 29.6 Å². The summed E-state index contributed by atoms with van der Waals surface area (Å²) in [5.41, 5.74) is 0. The highest BCUT2D eigenvalue weighted by Gasteiger charge is 2.38. The molecule has 1 heterocycles. The number of hydrogen-bond acceptors (Lipinski definition) is 2. The number of rotatable bonds is 4. The molecule has 1 aliphatic carbocycles. The van der Waals surface area contributed by atoms with Crippen LogP contribution in [0.2, 0.25) is 0 Å². The Bertz CT molecular complexity index is 286. The first-order valence-electron chi connectivity index (χ1n) is 7.69. The molecule has 18 heavy (non-hydrogen) atoms. The normalized spacial score (nSPS) is 29.6. The Balaban J connectivity index is 1.95. The van der Waals surface area contributed by atoms with Gasteiger partial charge in [-0.3, -0.25) is 10.1 Å². The standard InChI is InChI=1S/C15H28N2O/c1-4-11(2)14-15(18)17(10-16-14)12(3)13-8-6-5-7-9-13/h11-14,16H,4-10H2,1-3H3. The molecule has 3 atom stereocenters. The molecule has 1 amide bonds. The van der Waals surface area contributed by atoms with E-state index in [0.29, 0.717) is 17.9 Å². The van der Waals surface area contributed by atoms with Gasteiger partial charge in [-0.1, -0.05) is 39.5 Å². The molecule has 2 fully saturated rings. The van der Waals surface area contributed by atoms with Crippen LogP contribution >= 0.6 is 0 Å². The van der Waals surface area contributed by atoms with E-state index in [0.717, 1.165) is 19.0 Å². The Morgan fingerprint density at radius 3 is 2.56 bits per heavy atom. The molecule has 3 heteroatoms. The smallest absolute Gasteiger partial charge is 0.241 e. The predicted octanol–water partition coefficient (Wildman–Crippen LogP) is 2.76. The largest absolute Gasteiger partial charge is 0.326 e. The zero-order valence-corrected chi connectivity index (χ0v) is 12.1. The van der Waals surface area contributed by atoms with E-state index in [9.17, 15) is 4.79 Å².